The smallest absolute Gasteiger partial charge is 0.438 e. The molecule has 4 rings (SSSR count). The average Bonchev–Trinajstić information content (AvgIpc) is 3.14. The molecule has 0 radical (unpaired) electrons. The molecule has 2 aromatic carbocycles. The maximum atomic E-state index is 12.7. The van der Waals surface area contributed by atoms with Crippen LogP contribution in [-0.2, 0) is 6.67 Å². The van der Waals surface area contributed by atoms with Crippen LogP contribution in [0.5, 0.6) is 5.75 Å². The van der Waals surface area contributed by atoms with Crippen molar-refractivity contribution in [3.8, 4) is 17.2 Å². The van der Waals surface area contributed by atoms with Gasteiger partial charge in [0.1, 0.15) is 12.4 Å². The number of rotatable bonds is 5. The third-order valence-electron chi connectivity index (χ3n) is 4.96. The molecule has 0 saturated carbocycles. The van der Waals surface area contributed by atoms with Crippen LogP contribution in [0.4, 0.5) is 0 Å². The first-order valence-corrected chi connectivity index (χ1v) is 9.43. The number of methoxy groups -OCH3 is 1. The van der Waals surface area contributed by atoms with Crippen LogP contribution >= 0.6 is 0 Å². The maximum Gasteiger partial charge on any atom is 0.438 e. The van der Waals surface area contributed by atoms with Crippen LogP contribution in [0.25, 0.3) is 11.5 Å². The monoisotopic (exact) mass is 394 g/mol. The van der Waals surface area contributed by atoms with Crippen molar-refractivity contribution in [3.05, 3.63) is 70.7 Å². The van der Waals surface area contributed by atoms with Gasteiger partial charge in [-0.25, -0.2) is 4.79 Å². The van der Waals surface area contributed by atoms with E-state index in [-0.39, 0.29) is 5.91 Å². The fraction of sp³-hybridized carbons (Fsp3) is 0.286. The van der Waals surface area contributed by atoms with Gasteiger partial charge in [0.15, 0.2) is 0 Å². The molecular weight excluding hydrogens is 372 g/mol. The Bertz CT molecular complexity index is 1020. The lowest BCUT2D eigenvalue weighted by molar-refractivity contribution is 0.0581. The number of nitrogens with zero attached hydrogens (tertiary/aromatic N) is 4. The van der Waals surface area contributed by atoms with Crippen LogP contribution in [-0.4, -0.2) is 58.8 Å². The van der Waals surface area contributed by atoms with Gasteiger partial charge in [-0.3, -0.25) is 9.69 Å². The highest BCUT2D eigenvalue weighted by molar-refractivity contribution is 5.94. The number of hydrogen-bond donors (Lipinski definition) is 0. The summed E-state index contributed by atoms with van der Waals surface area (Å²) in [4.78, 5) is 28.7. The summed E-state index contributed by atoms with van der Waals surface area (Å²) in [6.07, 6.45) is 0. The molecule has 1 fully saturated rings. The molecule has 1 saturated heterocycles. The fourth-order valence-corrected chi connectivity index (χ4v) is 3.29. The zero-order valence-corrected chi connectivity index (χ0v) is 16.2. The Labute approximate surface area is 167 Å². The molecule has 150 valence electrons. The van der Waals surface area contributed by atoms with E-state index >= 15 is 0 Å². The van der Waals surface area contributed by atoms with Crippen molar-refractivity contribution >= 4 is 5.91 Å². The SMILES string of the molecule is COc1ccc(C(=O)N2CCN(Cn3nc(-c4ccccc4)oc3=O)CC2)cc1. The third kappa shape index (κ3) is 4.22. The Balaban J connectivity index is 1.36. The molecule has 0 unspecified atom stereocenters. The summed E-state index contributed by atoms with van der Waals surface area (Å²) < 4.78 is 11.7. The summed E-state index contributed by atoms with van der Waals surface area (Å²) >= 11 is 0. The van der Waals surface area contributed by atoms with Gasteiger partial charge in [0, 0.05) is 37.3 Å². The molecule has 1 aliphatic rings. The molecule has 0 atom stereocenters. The number of carbonyl (C=O) groups excluding carboxylic acids is 1. The number of ether oxygens (including phenoxy) is 1. The number of benzene rings is 2. The minimum Gasteiger partial charge on any atom is -0.497 e. The molecule has 8 nitrogen and oxygen atoms in total. The predicted molar refractivity (Wildman–Crippen MR) is 107 cm³/mol. The number of amides is 1. The second-order valence-corrected chi connectivity index (χ2v) is 6.82. The van der Waals surface area contributed by atoms with E-state index in [0.717, 1.165) is 11.3 Å². The first-order valence-electron chi connectivity index (χ1n) is 9.43. The predicted octanol–water partition coefficient (Wildman–Crippen LogP) is 1.93. The summed E-state index contributed by atoms with van der Waals surface area (Å²) in [5.74, 6) is 0.543. The number of aromatic nitrogens is 2. The van der Waals surface area contributed by atoms with Crippen molar-refractivity contribution in [1.82, 2.24) is 19.6 Å². The van der Waals surface area contributed by atoms with Crippen LogP contribution in [0.15, 0.2) is 63.8 Å². The van der Waals surface area contributed by atoms with Crippen molar-refractivity contribution in [2.75, 3.05) is 33.3 Å². The van der Waals surface area contributed by atoms with Gasteiger partial charge in [-0.2, -0.15) is 4.68 Å². The van der Waals surface area contributed by atoms with Gasteiger partial charge < -0.3 is 14.1 Å². The molecule has 3 aromatic rings. The van der Waals surface area contributed by atoms with Gasteiger partial charge in [-0.15, -0.1) is 5.10 Å². The zero-order chi connectivity index (χ0) is 20.2. The van der Waals surface area contributed by atoms with E-state index in [1.807, 2.05) is 35.2 Å². The number of hydrogen-bond acceptors (Lipinski definition) is 6. The second kappa shape index (κ2) is 8.32. The van der Waals surface area contributed by atoms with E-state index in [1.54, 1.807) is 31.4 Å². The standard InChI is InChI=1S/C21H22N4O4/c1-28-18-9-7-17(8-10-18)20(26)24-13-11-23(12-14-24)15-25-21(27)29-19(22-25)16-5-3-2-4-6-16/h2-10H,11-15H2,1H3. The van der Waals surface area contributed by atoms with E-state index < -0.39 is 5.76 Å². The Hall–Kier alpha value is -3.39. The van der Waals surface area contributed by atoms with Gasteiger partial charge in [0.05, 0.1) is 7.11 Å². The lowest BCUT2D eigenvalue weighted by atomic mass is 10.1. The van der Waals surface area contributed by atoms with Crippen molar-refractivity contribution in [2.24, 2.45) is 0 Å². The molecule has 0 N–H and O–H groups in total. The first kappa shape index (κ1) is 18.9. The van der Waals surface area contributed by atoms with E-state index in [4.69, 9.17) is 9.15 Å². The van der Waals surface area contributed by atoms with Crippen molar-refractivity contribution in [3.63, 3.8) is 0 Å². The molecular formula is C21H22N4O4. The number of carbonyl (C=O) groups is 1. The van der Waals surface area contributed by atoms with Crippen molar-refractivity contribution in [1.29, 1.82) is 0 Å². The highest BCUT2D eigenvalue weighted by Gasteiger charge is 2.23. The highest BCUT2D eigenvalue weighted by atomic mass is 16.5. The molecule has 0 aliphatic carbocycles. The van der Waals surface area contributed by atoms with Crippen LogP contribution < -0.4 is 10.5 Å². The third-order valence-corrected chi connectivity index (χ3v) is 4.96. The average molecular weight is 394 g/mol. The van der Waals surface area contributed by atoms with E-state index in [0.29, 0.717) is 44.3 Å². The Kier molecular flexibility index (Phi) is 5.44. The topological polar surface area (TPSA) is 80.8 Å². The molecule has 29 heavy (non-hydrogen) atoms. The van der Waals surface area contributed by atoms with Gasteiger partial charge >= 0.3 is 5.76 Å². The molecule has 1 amide bonds. The lowest BCUT2D eigenvalue weighted by Gasteiger charge is -2.34. The van der Waals surface area contributed by atoms with E-state index in [1.165, 1.54) is 4.68 Å². The Morgan fingerprint density at radius 3 is 2.38 bits per heavy atom. The van der Waals surface area contributed by atoms with Gasteiger partial charge in [0.25, 0.3) is 5.91 Å². The lowest BCUT2D eigenvalue weighted by Crippen LogP contribution is -2.49. The molecule has 0 spiro atoms. The summed E-state index contributed by atoms with van der Waals surface area (Å²) in [6.45, 7) is 2.81. The Morgan fingerprint density at radius 1 is 1.03 bits per heavy atom. The molecule has 1 aliphatic heterocycles. The van der Waals surface area contributed by atoms with Crippen LogP contribution in [0.2, 0.25) is 0 Å². The molecule has 0 bridgehead atoms. The fourth-order valence-electron chi connectivity index (χ4n) is 3.29. The number of piperazine rings is 1. The molecule has 1 aromatic heterocycles. The van der Waals surface area contributed by atoms with Crippen LogP contribution in [0, 0.1) is 0 Å². The van der Waals surface area contributed by atoms with Crippen LogP contribution in [0.1, 0.15) is 10.4 Å². The maximum absolute atomic E-state index is 12.7. The van der Waals surface area contributed by atoms with E-state index in [2.05, 4.69) is 10.00 Å². The van der Waals surface area contributed by atoms with Crippen molar-refractivity contribution < 1.29 is 13.9 Å². The normalized spacial score (nSPS) is 14.7. The van der Waals surface area contributed by atoms with E-state index in [9.17, 15) is 9.59 Å². The summed E-state index contributed by atoms with van der Waals surface area (Å²) in [5.41, 5.74) is 1.40. The summed E-state index contributed by atoms with van der Waals surface area (Å²) in [5, 5.41) is 4.30. The summed E-state index contributed by atoms with van der Waals surface area (Å²) in [7, 11) is 1.60. The second-order valence-electron chi connectivity index (χ2n) is 6.82. The minimum atomic E-state index is -0.486. The highest BCUT2D eigenvalue weighted by Crippen LogP contribution is 2.16. The van der Waals surface area contributed by atoms with Gasteiger partial charge in [-0.05, 0) is 36.4 Å². The zero-order valence-electron chi connectivity index (χ0n) is 16.2. The van der Waals surface area contributed by atoms with Gasteiger partial charge in [0.2, 0.25) is 5.89 Å². The summed E-state index contributed by atoms with van der Waals surface area (Å²) in [6, 6.07) is 16.4. The molecule has 8 heteroatoms. The molecule has 2 heterocycles. The minimum absolute atomic E-state index is 0.00253. The van der Waals surface area contributed by atoms with Gasteiger partial charge in [-0.1, -0.05) is 18.2 Å². The Morgan fingerprint density at radius 2 is 1.72 bits per heavy atom. The van der Waals surface area contributed by atoms with Crippen molar-refractivity contribution in [2.45, 2.75) is 6.67 Å². The van der Waals surface area contributed by atoms with Crippen LogP contribution in [0.3, 0.4) is 0 Å². The quantitative estimate of drug-likeness (QED) is 0.658. The largest absolute Gasteiger partial charge is 0.497 e. The first-order chi connectivity index (χ1) is 14.1.